The van der Waals surface area contributed by atoms with Gasteiger partial charge in [0.2, 0.25) is 0 Å². The van der Waals surface area contributed by atoms with Crippen LogP contribution in [0.1, 0.15) is 27.2 Å². The second kappa shape index (κ2) is 7.53. The third-order valence-electron chi connectivity index (χ3n) is 3.94. The van der Waals surface area contributed by atoms with E-state index in [1.165, 1.54) is 19.5 Å². The van der Waals surface area contributed by atoms with Gasteiger partial charge in [0.25, 0.3) is 0 Å². The van der Waals surface area contributed by atoms with Gasteiger partial charge in [-0.25, -0.2) is 0 Å². The predicted octanol–water partition coefficient (Wildman–Crippen LogP) is 2.02. The molecule has 1 aromatic rings. The topological polar surface area (TPSA) is 22.9 Å². The highest BCUT2D eigenvalue weighted by molar-refractivity contribution is 5.39. The summed E-state index contributed by atoms with van der Waals surface area (Å²) in [5.41, 5.74) is 0. The van der Waals surface area contributed by atoms with Crippen molar-refractivity contribution in [1.82, 2.24) is 0 Å². The zero-order chi connectivity index (χ0) is 14.4. The molecule has 1 heterocycles. The van der Waals surface area contributed by atoms with Crippen LogP contribution in [-0.4, -0.2) is 32.8 Å². The van der Waals surface area contributed by atoms with Crippen LogP contribution in [-0.2, 0) is 0 Å². The highest BCUT2D eigenvalue weighted by Gasteiger charge is 2.24. The van der Waals surface area contributed by atoms with Gasteiger partial charge in [0, 0.05) is 11.8 Å². The molecule has 0 spiro atoms. The summed E-state index contributed by atoms with van der Waals surface area (Å²) in [5.74, 6) is 3.39. The summed E-state index contributed by atoms with van der Waals surface area (Å²) in [6, 6.07) is 7.94. The van der Waals surface area contributed by atoms with Gasteiger partial charge in [-0.3, -0.25) is 0 Å². The van der Waals surface area contributed by atoms with Crippen LogP contribution >= 0.6 is 0 Å². The second-order valence-corrected chi connectivity index (χ2v) is 6.08. The molecule has 1 fully saturated rings. The third kappa shape index (κ3) is 4.41. The fourth-order valence-electron chi connectivity index (χ4n) is 3.28. The van der Waals surface area contributed by atoms with Crippen molar-refractivity contribution in [3.05, 3.63) is 24.3 Å². The molecule has 0 unspecified atom stereocenters. The maximum Gasteiger partial charge on any atom is 0.161 e. The molecule has 2 atom stereocenters. The Kier molecular flexibility index (Phi) is 5.72. The number of nitrogens with one attached hydrogen (secondary N) is 1. The monoisotopic (exact) mass is 278 g/mol. The molecule has 3 nitrogen and oxygen atoms in total. The van der Waals surface area contributed by atoms with Gasteiger partial charge in [-0.1, -0.05) is 26.0 Å². The number of quaternary nitrogens is 1. The Morgan fingerprint density at radius 1 is 1.05 bits per heavy atom. The highest BCUT2D eigenvalue weighted by atomic mass is 16.5. The van der Waals surface area contributed by atoms with Crippen molar-refractivity contribution < 1.29 is 14.4 Å². The van der Waals surface area contributed by atoms with Crippen molar-refractivity contribution in [3.63, 3.8) is 0 Å². The molecule has 0 saturated carbocycles. The molecular weight excluding hydrogens is 250 g/mol. The Morgan fingerprint density at radius 3 is 2.25 bits per heavy atom. The van der Waals surface area contributed by atoms with E-state index in [4.69, 9.17) is 9.47 Å². The lowest BCUT2D eigenvalue weighted by Gasteiger charge is -2.31. The van der Waals surface area contributed by atoms with E-state index in [9.17, 15) is 0 Å². The van der Waals surface area contributed by atoms with E-state index in [0.717, 1.165) is 36.5 Å². The Balaban J connectivity index is 1.81. The maximum atomic E-state index is 5.92. The average Bonchev–Trinajstić information content (AvgIpc) is 2.40. The molecule has 0 radical (unpaired) electrons. The van der Waals surface area contributed by atoms with Gasteiger partial charge in [0.05, 0.1) is 19.7 Å². The first-order chi connectivity index (χ1) is 9.69. The van der Waals surface area contributed by atoms with E-state index >= 15 is 0 Å². The molecule has 0 aliphatic carbocycles. The number of piperidine rings is 1. The van der Waals surface area contributed by atoms with Gasteiger partial charge in [0.1, 0.15) is 13.2 Å². The number of hydrogen-bond donors (Lipinski definition) is 1. The van der Waals surface area contributed by atoms with E-state index in [-0.39, 0.29) is 0 Å². The molecule has 0 bridgehead atoms. The van der Waals surface area contributed by atoms with Crippen LogP contribution in [0.3, 0.4) is 0 Å². The molecule has 1 aromatic carbocycles. The molecule has 1 N–H and O–H groups in total. The van der Waals surface area contributed by atoms with E-state index in [1.807, 2.05) is 31.2 Å². The molecule has 2 rings (SSSR count). The fraction of sp³-hybridized carbons (Fsp3) is 0.647. The standard InChI is InChI=1S/C17H27NO2/c1-4-19-16-7-5-6-8-17(16)20-10-9-18-12-14(2)11-15(3)13-18/h5-8,14-15H,4,9-13H2,1-3H3/p+1/t14-,15-/m0/s1. The fourth-order valence-corrected chi connectivity index (χ4v) is 3.28. The SMILES string of the molecule is CCOc1ccccc1OCC[NH+]1C[C@@H](C)C[C@H](C)C1. The summed E-state index contributed by atoms with van der Waals surface area (Å²) in [4.78, 5) is 1.67. The Hall–Kier alpha value is -1.22. The van der Waals surface area contributed by atoms with Crippen molar-refractivity contribution in [1.29, 1.82) is 0 Å². The van der Waals surface area contributed by atoms with Crippen LogP contribution in [0.5, 0.6) is 11.5 Å². The van der Waals surface area contributed by atoms with Crippen LogP contribution in [0.2, 0.25) is 0 Å². The Labute approximate surface area is 122 Å². The zero-order valence-corrected chi connectivity index (χ0v) is 13.0. The number of para-hydroxylation sites is 2. The molecule has 20 heavy (non-hydrogen) atoms. The molecule has 1 aliphatic rings. The zero-order valence-electron chi connectivity index (χ0n) is 13.0. The Bertz CT molecular complexity index is 398. The lowest BCUT2D eigenvalue weighted by atomic mass is 9.92. The Morgan fingerprint density at radius 2 is 1.65 bits per heavy atom. The number of likely N-dealkylation sites (tertiary alicyclic amines) is 1. The average molecular weight is 278 g/mol. The van der Waals surface area contributed by atoms with Gasteiger partial charge in [-0.15, -0.1) is 0 Å². The van der Waals surface area contributed by atoms with Crippen LogP contribution in [0.4, 0.5) is 0 Å². The van der Waals surface area contributed by atoms with E-state index in [0.29, 0.717) is 6.61 Å². The summed E-state index contributed by atoms with van der Waals surface area (Å²) >= 11 is 0. The smallest absolute Gasteiger partial charge is 0.161 e. The number of benzene rings is 1. The van der Waals surface area contributed by atoms with Crippen molar-refractivity contribution in [2.45, 2.75) is 27.2 Å². The largest absolute Gasteiger partial charge is 0.490 e. The summed E-state index contributed by atoms with van der Waals surface area (Å²) in [7, 11) is 0. The lowest BCUT2D eigenvalue weighted by molar-refractivity contribution is -0.912. The molecule has 0 aromatic heterocycles. The van der Waals surface area contributed by atoms with Gasteiger partial charge < -0.3 is 14.4 Å². The molecular formula is C17H28NO2+. The predicted molar refractivity (Wildman–Crippen MR) is 81.6 cm³/mol. The number of ether oxygens (including phenoxy) is 2. The minimum Gasteiger partial charge on any atom is -0.490 e. The minimum absolute atomic E-state index is 0.673. The molecule has 3 heteroatoms. The van der Waals surface area contributed by atoms with E-state index in [2.05, 4.69) is 13.8 Å². The molecule has 0 amide bonds. The minimum atomic E-state index is 0.673. The summed E-state index contributed by atoms with van der Waals surface area (Å²) in [6.45, 7) is 11.8. The van der Waals surface area contributed by atoms with Crippen LogP contribution in [0.25, 0.3) is 0 Å². The summed E-state index contributed by atoms with van der Waals surface area (Å²) < 4.78 is 11.5. The number of rotatable bonds is 6. The first-order valence-corrected chi connectivity index (χ1v) is 7.87. The normalized spacial score (nSPS) is 26.2. The molecule has 112 valence electrons. The van der Waals surface area contributed by atoms with Gasteiger partial charge in [-0.05, 0) is 25.5 Å². The van der Waals surface area contributed by atoms with E-state index in [1.54, 1.807) is 4.90 Å². The molecule has 1 aliphatic heterocycles. The van der Waals surface area contributed by atoms with Gasteiger partial charge >= 0.3 is 0 Å². The van der Waals surface area contributed by atoms with Crippen LogP contribution in [0, 0.1) is 11.8 Å². The van der Waals surface area contributed by atoms with Crippen molar-refractivity contribution in [2.24, 2.45) is 11.8 Å². The first-order valence-electron chi connectivity index (χ1n) is 7.87. The van der Waals surface area contributed by atoms with Crippen LogP contribution < -0.4 is 14.4 Å². The highest BCUT2D eigenvalue weighted by Crippen LogP contribution is 2.26. The summed E-state index contributed by atoms with van der Waals surface area (Å²) in [5, 5.41) is 0. The first kappa shape index (κ1) is 15.2. The van der Waals surface area contributed by atoms with Gasteiger partial charge in [0.15, 0.2) is 11.5 Å². The lowest BCUT2D eigenvalue weighted by Crippen LogP contribution is -3.14. The van der Waals surface area contributed by atoms with Crippen molar-refractivity contribution >= 4 is 0 Å². The summed E-state index contributed by atoms with van der Waals surface area (Å²) in [6.07, 6.45) is 1.37. The quantitative estimate of drug-likeness (QED) is 0.860. The van der Waals surface area contributed by atoms with Crippen LogP contribution in [0.15, 0.2) is 24.3 Å². The van der Waals surface area contributed by atoms with E-state index < -0.39 is 0 Å². The van der Waals surface area contributed by atoms with Gasteiger partial charge in [-0.2, -0.15) is 0 Å². The maximum absolute atomic E-state index is 5.92. The third-order valence-corrected chi connectivity index (χ3v) is 3.94. The van der Waals surface area contributed by atoms with Crippen molar-refractivity contribution in [3.8, 4) is 11.5 Å². The number of hydrogen-bond acceptors (Lipinski definition) is 2. The van der Waals surface area contributed by atoms with Crippen molar-refractivity contribution in [2.75, 3.05) is 32.8 Å². The second-order valence-electron chi connectivity index (χ2n) is 6.08. The molecule has 1 saturated heterocycles.